The van der Waals surface area contributed by atoms with E-state index in [1.807, 2.05) is 7.05 Å². The normalized spacial score (nSPS) is 40.0. The predicted molar refractivity (Wildman–Crippen MR) is 123 cm³/mol. The quantitative estimate of drug-likeness (QED) is 0.387. The Morgan fingerprint density at radius 1 is 1.09 bits per heavy atom. The van der Waals surface area contributed by atoms with E-state index in [2.05, 4.69) is 44.8 Å². The fourth-order valence-corrected chi connectivity index (χ4v) is 7.54. The maximum atomic E-state index is 13.4. The van der Waals surface area contributed by atoms with Crippen molar-refractivity contribution in [1.29, 1.82) is 0 Å². The summed E-state index contributed by atoms with van der Waals surface area (Å²) in [5.74, 6) is 0.853. The van der Waals surface area contributed by atoms with Crippen LogP contribution in [0, 0.1) is 11.8 Å². The first-order valence-electron chi connectivity index (χ1n) is 11.9. The number of hydrazine groups is 2. The summed E-state index contributed by atoms with van der Waals surface area (Å²) in [5, 5.41) is 7.18. The average molecular weight is 475 g/mol. The third-order valence-corrected chi connectivity index (χ3v) is 10.1. The van der Waals surface area contributed by atoms with Crippen LogP contribution in [0.3, 0.4) is 0 Å². The standard InChI is InChI=1S/C21H42N6O4S/c1-21(2,31-5)15-8-9-22-18(10-15)27-13-16(12-24-27)32(28,29)25-19-17(30-4)7-6-14-11-23-26(3)20(14)19/h14-20,22-25H,6-13H2,1-5H3. The summed E-state index contributed by atoms with van der Waals surface area (Å²) in [6.45, 7) is 6.93. The summed E-state index contributed by atoms with van der Waals surface area (Å²) in [6, 6.07) is -0.150. The van der Waals surface area contributed by atoms with Crippen LogP contribution >= 0.6 is 0 Å². The number of sulfonamides is 1. The van der Waals surface area contributed by atoms with Gasteiger partial charge in [0, 0.05) is 46.9 Å². The van der Waals surface area contributed by atoms with E-state index in [-0.39, 0.29) is 30.0 Å². The van der Waals surface area contributed by atoms with Crippen LogP contribution in [0.15, 0.2) is 0 Å². The second-order valence-electron chi connectivity index (χ2n) is 10.4. The monoisotopic (exact) mass is 474 g/mol. The zero-order valence-electron chi connectivity index (χ0n) is 20.1. The first-order valence-corrected chi connectivity index (χ1v) is 13.5. The van der Waals surface area contributed by atoms with Gasteiger partial charge in [-0.3, -0.25) is 10.9 Å². The van der Waals surface area contributed by atoms with Crippen LogP contribution in [0.2, 0.25) is 0 Å². The summed E-state index contributed by atoms with van der Waals surface area (Å²) in [6.07, 6.45) is 3.87. The molecule has 3 heterocycles. The van der Waals surface area contributed by atoms with Crippen molar-refractivity contribution in [3.8, 4) is 0 Å². The van der Waals surface area contributed by atoms with Crippen LogP contribution in [-0.2, 0) is 19.5 Å². The topological polar surface area (TPSA) is 107 Å². The molecule has 0 aromatic carbocycles. The minimum atomic E-state index is -3.52. The SMILES string of the molecule is COC1CCC2CNN(C)C2C1NS(=O)(=O)C1CNN(C2CC(C(C)(C)OC)CCN2)C1. The fourth-order valence-electron chi connectivity index (χ4n) is 6.03. The van der Waals surface area contributed by atoms with E-state index >= 15 is 0 Å². The average Bonchev–Trinajstić information content (AvgIpc) is 3.42. The molecular weight excluding hydrogens is 432 g/mol. The highest BCUT2D eigenvalue weighted by Gasteiger charge is 2.48. The van der Waals surface area contributed by atoms with Gasteiger partial charge in [-0.25, -0.2) is 23.2 Å². The van der Waals surface area contributed by atoms with Gasteiger partial charge in [-0.05, 0) is 57.9 Å². The fraction of sp³-hybridized carbons (Fsp3) is 1.00. The Kier molecular flexibility index (Phi) is 7.51. The van der Waals surface area contributed by atoms with E-state index in [1.165, 1.54) is 0 Å². The summed E-state index contributed by atoms with van der Waals surface area (Å²) >= 11 is 0. The Morgan fingerprint density at radius 2 is 1.88 bits per heavy atom. The molecule has 11 heteroatoms. The van der Waals surface area contributed by atoms with E-state index in [9.17, 15) is 8.42 Å². The number of nitrogens with zero attached hydrogens (tertiary/aromatic N) is 2. The number of hydrogen-bond donors (Lipinski definition) is 4. The molecule has 1 aliphatic carbocycles. The number of fused-ring (bicyclic) bond motifs is 1. The Bertz CT molecular complexity index is 753. The second kappa shape index (κ2) is 9.71. The summed E-state index contributed by atoms with van der Waals surface area (Å²) in [5.41, 5.74) is 6.52. The highest BCUT2D eigenvalue weighted by Crippen LogP contribution is 2.34. The molecule has 1 saturated carbocycles. The third-order valence-electron chi connectivity index (χ3n) is 8.35. The number of piperidine rings is 1. The maximum Gasteiger partial charge on any atom is 0.217 e. The largest absolute Gasteiger partial charge is 0.380 e. The van der Waals surface area contributed by atoms with Gasteiger partial charge in [-0.1, -0.05) is 0 Å². The second-order valence-corrected chi connectivity index (χ2v) is 12.4. The molecule has 4 aliphatic rings. The van der Waals surface area contributed by atoms with Gasteiger partial charge < -0.3 is 14.8 Å². The number of hydrogen-bond acceptors (Lipinski definition) is 9. The molecule has 3 aliphatic heterocycles. The lowest BCUT2D eigenvalue weighted by Crippen LogP contribution is -2.61. The molecule has 0 aromatic rings. The van der Waals surface area contributed by atoms with Crippen LogP contribution in [-0.4, -0.2) is 101 Å². The molecule has 0 spiro atoms. The number of rotatable bonds is 7. The minimum absolute atomic E-state index is 0.0966. The van der Waals surface area contributed by atoms with E-state index in [0.717, 1.165) is 38.8 Å². The Hall–Kier alpha value is -0.370. The maximum absolute atomic E-state index is 13.4. The molecule has 0 aromatic heterocycles. The molecule has 4 fully saturated rings. The predicted octanol–water partition coefficient (Wildman–Crippen LogP) is -0.542. The van der Waals surface area contributed by atoms with Crippen molar-refractivity contribution >= 4 is 10.0 Å². The van der Waals surface area contributed by atoms with Crippen LogP contribution in [0.25, 0.3) is 0 Å². The Morgan fingerprint density at radius 3 is 2.59 bits per heavy atom. The highest BCUT2D eigenvalue weighted by atomic mass is 32.2. The molecule has 10 nitrogen and oxygen atoms in total. The smallest absolute Gasteiger partial charge is 0.217 e. The molecule has 0 bridgehead atoms. The van der Waals surface area contributed by atoms with Crippen LogP contribution < -0.4 is 20.9 Å². The lowest BCUT2D eigenvalue weighted by atomic mass is 9.80. The van der Waals surface area contributed by atoms with Crippen molar-refractivity contribution in [3.05, 3.63) is 0 Å². The van der Waals surface area contributed by atoms with Gasteiger partial charge in [0.15, 0.2) is 0 Å². The molecule has 4 N–H and O–H groups in total. The lowest BCUT2D eigenvalue weighted by molar-refractivity contribution is -0.0563. The molecule has 0 radical (unpaired) electrons. The van der Waals surface area contributed by atoms with Gasteiger partial charge in [0.2, 0.25) is 10.0 Å². The molecule has 186 valence electrons. The number of likely N-dealkylation sites (N-methyl/N-ethyl adjacent to an activating group) is 1. The van der Waals surface area contributed by atoms with Crippen molar-refractivity contribution in [3.63, 3.8) is 0 Å². The van der Waals surface area contributed by atoms with E-state index < -0.39 is 15.3 Å². The summed E-state index contributed by atoms with van der Waals surface area (Å²) in [7, 11) is 1.92. The molecule has 3 saturated heterocycles. The van der Waals surface area contributed by atoms with Crippen molar-refractivity contribution in [2.24, 2.45) is 11.8 Å². The first-order chi connectivity index (χ1) is 15.2. The third kappa shape index (κ3) is 4.87. The van der Waals surface area contributed by atoms with Crippen LogP contribution in [0.4, 0.5) is 0 Å². The molecule has 0 amide bonds. The minimum Gasteiger partial charge on any atom is -0.380 e. The zero-order valence-corrected chi connectivity index (χ0v) is 21.0. The number of nitrogens with one attached hydrogen (secondary N) is 4. The summed E-state index contributed by atoms with van der Waals surface area (Å²) < 4.78 is 41.4. The van der Waals surface area contributed by atoms with Crippen molar-refractivity contribution < 1.29 is 17.9 Å². The molecule has 4 rings (SSSR count). The molecule has 32 heavy (non-hydrogen) atoms. The van der Waals surface area contributed by atoms with Gasteiger partial charge in [0.1, 0.15) is 5.25 Å². The van der Waals surface area contributed by atoms with Crippen molar-refractivity contribution in [2.75, 3.05) is 47.4 Å². The van der Waals surface area contributed by atoms with Crippen molar-refractivity contribution in [2.45, 2.75) is 74.7 Å². The molecule has 7 atom stereocenters. The van der Waals surface area contributed by atoms with Gasteiger partial charge in [0.25, 0.3) is 0 Å². The van der Waals surface area contributed by atoms with E-state index in [1.54, 1.807) is 14.2 Å². The molecule has 7 unspecified atom stereocenters. The lowest BCUT2D eigenvalue weighted by Gasteiger charge is -2.42. The van der Waals surface area contributed by atoms with Crippen LogP contribution in [0.1, 0.15) is 39.5 Å². The van der Waals surface area contributed by atoms with E-state index in [4.69, 9.17) is 9.47 Å². The van der Waals surface area contributed by atoms with Crippen LogP contribution in [0.5, 0.6) is 0 Å². The van der Waals surface area contributed by atoms with Crippen molar-refractivity contribution in [1.82, 2.24) is 30.9 Å². The highest BCUT2D eigenvalue weighted by molar-refractivity contribution is 7.90. The Labute approximate surface area is 193 Å². The van der Waals surface area contributed by atoms with Gasteiger partial charge in [-0.2, -0.15) is 0 Å². The molecular formula is C21H42N6O4S. The number of methoxy groups -OCH3 is 2. The van der Waals surface area contributed by atoms with Gasteiger partial charge >= 0.3 is 0 Å². The van der Waals surface area contributed by atoms with Gasteiger partial charge in [-0.15, -0.1) is 0 Å². The zero-order chi connectivity index (χ0) is 23.1. The summed E-state index contributed by atoms with van der Waals surface area (Å²) in [4.78, 5) is 0. The number of ether oxygens (including phenoxy) is 2. The van der Waals surface area contributed by atoms with Gasteiger partial charge in [0.05, 0.1) is 23.9 Å². The van der Waals surface area contributed by atoms with E-state index in [0.29, 0.717) is 24.9 Å². The first kappa shape index (κ1) is 24.7. The Balaban J connectivity index is 1.41.